The largest absolute Gasteiger partial charge is 0.508 e. The third kappa shape index (κ3) is 2.59. The highest BCUT2D eigenvalue weighted by Crippen LogP contribution is 2.35. The van der Waals surface area contributed by atoms with Gasteiger partial charge in [0, 0.05) is 0 Å². The number of benzene rings is 4. The summed E-state index contributed by atoms with van der Waals surface area (Å²) in [5.74, 6) is 0.524. The van der Waals surface area contributed by atoms with Gasteiger partial charge < -0.3 is 10.2 Å². The zero-order valence-corrected chi connectivity index (χ0v) is 13.0. The molecular formula is C22H16O2. The molecule has 2 heteroatoms. The van der Waals surface area contributed by atoms with E-state index >= 15 is 0 Å². The van der Waals surface area contributed by atoms with Crippen LogP contribution in [0.15, 0.2) is 84.9 Å². The van der Waals surface area contributed by atoms with E-state index in [1.54, 1.807) is 24.3 Å². The van der Waals surface area contributed by atoms with E-state index in [0.717, 1.165) is 27.6 Å². The Morgan fingerprint density at radius 1 is 0.500 bits per heavy atom. The van der Waals surface area contributed by atoms with Gasteiger partial charge in [-0.2, -0.15) is 0 Å². The summed E-state index contributed by atoms with van der Waals surface area (Å²) in [4.78, 5) is 0. The predicted octanol–water partition coefficient (Wildman–Crippen LogP) is 5.59. The minimum absolute atomic E-state index is 0.262. The SMILES string of the molecule is Oc1ccc(-c2cc(-c3ccc(O)cc3)c3ccccc3c2)cc1. The van der Waals surface area contributed by atoms with Gasteiger partial charge in [0.05, 0.1) is 0 Å². The van der Waals surface area contributed by atoms with Crippen LogP contribution in [0.25, 0.3) is 33.0 Å². The number of hydrogen-bond acceptors (Lipinski definition) is 2. The molecule has 0 unspecified atom stereocenters. The molecule has 4 aromatic carbocycles. The van der Waals surface area contributed by atoms with E-state index in [4.69, 9.17) is 0 Å². The van der Waals surface area contributed by atoms with Crippen LogP contribution < -0.4 is 0 Å². The lowest BCUT2D eigenvalue weighted by Crippen LogP contribution is -1.85. The van der Waals surface area contributed by atoms with Crippen molar-refractivity contribution in [3.63, 3.8) is 0 Å². The van der Waals surface area contributed by atoms with Crippen molar-refractivity contribution in [3.05, 3.63) is 84.9 Å². The van der Waals surface area contributed by atoms with E-state index in [0.29, 0.717) is 0 Å². The van der Waals surface area contributed by atoms with Crippen molar-refractivity contribution in [2.45, 2.75) is 0 Å². The minimum atomic E-state index is 0.262. The molecule has 2 nitrogen and oxygen atoms in total. The second-order valence-corrected chi connectivity index (χ2v) is 5.84. The third-order valence-corrected chi connectivity index (χ3v) is 4.24. The molecule has 0 aliphatic rings. The van der Waals surface area contributed by atoms with Crippen molar-refractivity contribution in [2.24, 2.45) is 0 Å². The molecule has 0 aliphatic carbocycles. The molecule has 0 heterocycles. The molecule has 0 spiro atoms. The maximum atomic E-state index is 9.55. The van der Waals surface area contributed by atoms with Gasteiger partial charge in [0.15, 0.2) is 0 Å². The molecule has 0 fully saturated rings. The minimum Gasteiger partial charge on any atom is -0.508 e. The molecule has 4 rings (SSSR count). The summed E-state index contributed by atoms with van der Waals surface area (Å²) in [6, 6.07) is 27.1. The molecule has 0 saturated heterocycles. The van der Waals surface area contributed by atoms with Gasteiger partial charge in [-0.3, -0.25) is 0 Å². The molecule has 0 aliphatic heterocycles. The number of phenolic OH excluding ortho intramolecular Hbond substituents is 2. The average Bonchev–Trinajstić information content (AvgIpc) is 2.62. The van der Waals surface area contributed by atoms with Crippen LogP contribution in [-0.2, 0) is 0 Å². The zero-order chi connectivity index (χ0) is 16.5. The van der Waals surface area contributed by atoms with Gasteiger partial charge in [0.1, 0.15) is 11.5 Å². The predicted molar refractivity (Wildman–Crippen MR) is 98.1 cm³/mol. The molecule has 4 aromatic rings. The van der Waals surface area contributed by atoms with Gasteiger partial charge in [-0.05, 0) is 69.4 Å². The van der Waals surface area contributed by atoms with Gasteiger partial charge in [-0.25, -0.2) is 0 Å². The monoisotopic (exact) mass is 312 g/mol. The molecule has 0 bridgehead atoms. The summed E-state index contributed by atoms with van der Waals surface area (Å²) in [6.45, 7) is 0. The number of rotatable bonds is 2. The second-order valence-electron chi connectivity index (χ2n) is 5.84. The van der Waals surface area contributed by atoms with Crippen LogP contribution in [-0.4, -0.2) is 10.2 Å². The van der Waals surface area contributed by atoms with Crippen molar-refractivity contribution >= 4 is 10.8 Å². The highest BCUT2D eigenvalue weighted by atomic mass is 16.3. The Balaban J connectivity index is 1.97. The van der Waals surface area contributed by atoms with Crippen LogP contribution in [0.2, 0.25) is 0 Å². The van der Waals surface area contributed by atoms with Crippen molar-refractivity contribution in [1.82, 2.24) is 0 Å². The first-order chi connectivity index (χ1) is 11.7. The molecule has 0 amide bonds. The first-order valence-corrected chi connectivity index (χ1v) is 7.82. The fourth-order valence-corrected chi connectivity index (χ4v) is 3.01. The lowest BCUT2D eigenvalue weighted by Gasteiger charge is -2.11. The van der Waals surface area contributed by atoms with Gasteiger partial charge in [-0.15, -0.1) is 0 Å². The van der Waals surface area contributed by atoms with E-state index in [1.807, 2.05) is 36.4 Å². The standard InChI is InChI=1S/C22H16O2/c23-19-9-5-15(6-10-19)18-13-17-3-1-2-4-21(17)22(14-18)16-7-11-20(24)12-8-16/h1-14,23-24H. The van der Waals surface area contributed by atoms with Gasteiger partial charge in [0.25, 0.3) is 0 Å². The molecule has 0 saturated carbocycles. The number of aromatic hydroxyl groups is 2. The Hall–Kier alpha value is -3.26. The molecule has 0 atom stereocenters. The van der Waals surface area contributed by atoms with Gasteiger partial charge in [0.2, 0.25) is 0 Å². The van der Waals surface area contributed by atoms with E-state index in [9.17, 15) is 10.2 Å². The smallest absolute Gasteiger partial charge is 0.115 e. The van der Waals surface area contributed by atoms with Crippen LogP contribution in [0.4, 0.5) is 0 Å². The van der Waals surface area contributed by atoms with Crippen LogP contribution in [0.5, 0.6) is 11.5 Å². The quantitative estimate of drug-likeness (QED) is 0.507. The van der Waals surface area contributed by atoms with Gasteiger partial charge >= 0.3 is 0 Å². The number of phenols is 2. The summed E-state index contributed by atoms with van der Waals surface area (Å²) in [7, 11) is 0. The molecular weight excluding hydrogens is 296 g/mol. The summed E-state index contributed by atoms with van der Waals surface area (Å²) in [6.07, 6.45) is 0. The number of hydrogen-bond donors (Lipinski definition) is 2. The Morgan fingerprint density at radius 3 is 1.75 bits per heavy atom. The lowest BCUT2D eigenvalue weighted by molar-refractivity contribution is 0.475. The summed E-state index contributed by atoms with van der Waals surface area (Å²) >= 11 is 0. The summed E-state index contributed by atoms with van der Waals surface area (Å²) < 4.78 is 0. The van der Waals surface area contributed by atoms with Crippen molar-refractivity contribution in [2.75, 3.05) is 0 Å². The fourth-order valence-electron chi connectivity index (χ4n) is 3.01. The van der Waals surface area contributed by atoms with Crippen molar-refractivity contribution in [3.8, 4) is 33.8 Å². The highest BCUT2D eigenvalue weighted by Gasteiger charge is 2.08. The van der Waals surface area contributed by atoms with Crippen LogP contribution in [0.1, 0.15) is 0 Å². The van der Waals surface area contributed by atoms with Crippen molar-refractivity contribution in [1.29, 1.82) is 0 Å². The summed E-state index contributed by atoms with van der Waals surface area (Å²) in [5, 5.41) is 21.4. The first-order valence-electron chi connectivity index (χ1n) is 7.82. The van der Waals surface area contributed by atoms with Crippen LogP contribution in [0, 0.1) is 0 Å². The zero-order valence-electron chi connectivity index (χ0n) is 13.0. The van der Waals surface area contributed by atoms with Crippen molar-refractivity contribution < 1.29 is 10.2 Å². The van der Waals surface area contributed by atoms with E-state index < -0.39 is 0 Å². The molecule has 0 aromatic heterocycles. The molecule has 116 valence electrons. The second kappa shape index (κ2) is 5.74. The lowest BCUT2D eigenvalue weighted by atomic mass is 9.93. The Labute approximate surface area is 140 Å². The van der Waals surface area contributed by atoms with E-state index in [2.05, 4.69) is 24.3 Å². The fraction of sp³-hybridized carbons (Fsp3) is 0. The molecule has 24 heavy (non-hydrogen) atoms. The summed E-state index contributed by atoms with van der Waals surface area (Å²) in [5.41, 5.74) is 4.33. The maximum absolute atomic E-state index is 9.55. The Kier molecular flexibility index (Phi) is 3.43. The van der Waals surface area contributed by atoms with E-state index in [1.165, 1.54) is 5.39 Å². The maximum Gasteiger partial charge on any atom is 0.115 e. The first kappa shape index (κ1) is 14.3. The molecule has 2 N–H and O–H groups in total. The van der Waals surface area contributed by atoms with E-state index in [-0.39, 0.29) is 11.5 Å². The Morgan fingerprint density at radius 2 is 1.08 bits per heavy atom. The van der Waals surface area contributed by atoms with Crippen LogP contribution >= 0.6 is 0 Å². The molecule has 0 radical (unpaired) electrons. The topological polar surface area (TPSA) is 40.5 Å². The highest BCUT2D eigenvalue weighted by molar-refractivity contribution is 6.00. The average molecular weight is 312 g/mol. The normalized spacial score (nSPS) is 10.8. The third-order valence-electron chi connectivity index (χ3n) is 4.24. The van der Waals surface area contributed by atoms with Gasteiger partial charge in [-0.1, -0.05) is 48.5 Å². The Bertz CT molecular complexity index is 1000. The number of fused-ring (bicyclic) bond motifs is 1. The van der Waals surface area contributed by atoms with Crippen LogP contribution in [0.3, 0.4) is 0 Å².